The molecule has 0 aliphatic heterocycles. The first kappa shape index (κ1) is 24.3. The molecule has 2 amide bonds. The molecule has 0 radical (unpaired) electrons. The summed E-state index contributed by atoms with van der Waals surface area (Å²) in [7, 11) is 0. The maximum Gasteiger partial charge on any atom is 0.407 e. The molecule has 0 aromatic heterocycles. The maximum atomic E-state index is 12.3. The number of carbonyl (C=O) groups excluding carboxylic acids is 2. The smallest absolute Gasteiger partial charge is 0.407 e. The molecule has 0 fully saturated rings. The van der Waals surface area contributed by atoms with Gasteiger partial charge in [0.1, 0.15) is 19.8 Å². The van der Waals surface area contributed by atoms with E-state index >= 15 is 0 Å². The minimum Gasteiger partial charge on any atom is -0.480 e. The molecule has 0 saturated heterocycles. The van der Waals surface area contributed by atoms with Crippen LogP contribution in [-0.2, 0) is 19.1 Å². The summed E-state index contributed by atoms with van der Waals surface area (Å²) in [6, 6.07) is 16.0. The molecule has 0 heterocycles. The Kier molecular flexibility index (Phi) is 8.43. The molecule has 176 valence electrons. The second-order valence-corrected chi connectivity index (χ2v) is 7.98. The Morgan fingerprint density at radius 3 is 2.24 bits per heavy atom. The molecule has 2 N–H and O–H groups in total. The highest BCUT2D eigenvalue weighted by Gasteiger charge is 2.29. The molecule has 8 heteroatoms. The number of hydrogen-bond donors (Lipinski definition) is 2. The molecule has 33 heavy (non-hydrogen) atoms. The van der Waals surface area contributed by atoms with Gasteiger partial charge in [-0.1, -0.05) is 55.5 Å². The molecular formula is C25H30N2O6. The zero-order valence-electron chi connectivity index (χ0n) is 19.0. The molecule has 1 atom stereocenters. The standard InChI is InChI=1S/C25H30N2O6/c1-3-17(2)27(14-24(29)30)23(28)16-32-13-12-26-25(31)33-15-22-20-10-6-4-8-18(20)19-9-5-7-11-21(19)22/h4-11,17,22H,3,12-16H2,1-2H3,(H,26,31)(H,29,30). The third-order valence-corrected chi connectivity index (χ3v) is 5.83. The van der Waals surface area contributed by atoms with Crippen LogP contribution in [0.1, 0.15) is 37.3 Å². The molecule has 1 unspecified atom stereocenters. The van der Waals surface area contributed by atoms with Crippen molar-refractivity contribution in [2.45, 2.75) is 32.2 Å². The minimum atomic E-state index is -1.07. The van der Waals surface area contributed by atoms with Crippen LogP contribution < -0.4 is 5.32 Å². The fourth-order valence-electron chi connectivity index (χ4n) is 3.97. The van der Waals surface area contributed by atoms with Gasteiger partial charge in [-0.05, 0) is 35.6 Å². The number of alkyl carbamates (subject to hydrolysis) is 1. The highest BCUT2D eigenvalue weighted by atomic mass is 16.5. The number of benzene rings is 2. The minimum absolute atomic E-state index is 0.0159. The van der Waals surface area contributed by atoms with E-state index in [-0.39, 0.29) is 44.9 Å². The van der Waals surface area contributed by atoms with E-state index in [0.717, 1.165) is 22.3 Å². The van der Waals surface area contributed by atoms with E-state index < -0.39 is 18.0 Å². The molecule has 3 rings (SSSR count). The van der Waals surface area contributed by atoms with E-state index in [2.05, 4.69) is 29.6 Å². The quantitative estimate of drug-likeness (QED) is 0.505. The van der Waals surface area contributed by atoms with Crippen LogP contribution in [0.15, 0.2) is 48.5 Å². The lowest BCUT2D eigenvalue weighted by Crippen LogP contribution is -2.44. The van der Waals surface area contributed by atoms with Crippen LogP contribution in [0.3, 0.4) is 0 Å². The summed E-state index contributed by atoms with van der Waals surface area (Å²) in [4.78, 5) is 36.7. The Morgan fingerprint density at radius 2 is 1.67 bits per heavy atom. The first-order valence-electron chi connectivity index (χ1n) is 11.1. The summed E-state index contributed by atoms with van der Waals surface area (Å²) in [5.41, 5.74) is 4.60. The lowest BCUT2D eigenvalue weighted by Gasteiger charge is -2.26. The second-order valence-electron chi connectivity index (χ2n) is 7.98. The van der Waals surface area contributed by atoms with Crippen molar-refractivity contribution < 1.29 is 29.0 Å². The van der Waals surface area contributed by atoms with Gasteiger partial charge in [-0.3, -0.25) is 9.59 Å². The van der Waals surface area contributed by atoms with Crippen molar-refractivity contribution in [3.05, 3.63) is 59.7 Å². The van der Waals surface area contributed by atoms with Crippen molar-refractivity contribution in [3.63, 3.8) is 0 Å². The van der Waals surface area contributed by atoms with Crippen LogP contribution in [0.4, 0.5) is 4.79 Å². The molecule has 1 aliphatic rings. The molecule has 8 nitrogen and oxygen atoms in total. The maximum absolute atomic E-state index is 12.3. The van der Waals surface area contributed by atoms with Gasteiger partial charge in [0, 0.05) is 18.5 Å². The van der Waals surface area contributed by atoms with Crippen LogP contribution in [-0.4, -0.2) is 66.9 Å². The van der Waals surface area contributed by atoms with Gasteiger partial charge in [-0.25, -0.2) is 4.79 Å². The molecule has 1 aliphatic carbocycles. The normalized spacial score (nSPS) is 13.0. The number of carbonyl (C=O) groups is 3. The molecule has 2 aromatic carbocycles. The first-order chi connectivity index (χ1) is 15.9. The van der Waals surface area contributed by atoms with E-state index in [1.54, 1.807) is 6.92 Å². The van der Waals surface area contributed by atoms with E-state index in [1.807, 2.05) is 31.2 Å². The highest BCUT2D eigenvalue weighted by Crippen LogP contribution is 2.44. The Morgan fingerprint density at radius 1 is 1.06 bits per heavy atom. The summed E-state index contributed by atoms with van der Waals surface area (Å²) in [5, 5.41) is 11.6. The van der Waals surface area contributed by atoms with Crippen LogP contribution in [0.2, 0.25) is 0 Å². The zero-order chi connectivity index (χ0) is 23.8. The number of amides is 2. The van der Waals surface area contributed by atoms with Gasteiger partial charge in [0.15, 0.2) is 0 Å². The van der Waals surface area contributed by atoms with Crippen LogP contribution in [0.25, 0.3) is 11.1 Å². The van der Waals surface area contributed by atoms with E-state index in [9.17, 15) is 14.4 Å². The molecule has 0 spiro atoms. The lowest BCUT2D eigenvalue weighted by atomic mass is 9.98. The Labute approximate surface area is 193 Å². The van der Waals surface area contributed by atoms with E-state index in [0.29, 0.717) is 6.42 Å². The molecular weight excluding hydrogens is 424 g/mol. The topological polar surface area (TPSA) is 105 Å². The number of ether oxygens (including phenoxy) is 2. The van der Waals surface area contributed by atoms with Crippen molar-refractivity contribution in [1.82, 2.24) is 10.2 Å². The third kappa shape index (κ3) is 6.10. The summed E-state index contributed by atoms with van der Waals surface area (Å²) in [6.45, 7) is 3.56. The lowest BCUT2D eigenvalue weighted by molar-refractivity contribution is -0.148. The van der Waals surface area contributed by atoms with E-state index in [4.69, 9.17) is 14.6 Å². The number of nitrogens with one attached hydrogen (secondary N) is 1. The Bertz CT molecular complexity index is 947. The zero-order valence-corrected chi connectivity index (χ0v) is 19.0. The van der Waals surface area contributed by atoms with Crippen molar-refractivity contribution >= 4 is 18.0 Å². The molecule has 0 saturated carbocycles. The SMILES string of the molecule is CCC(C)N(CC(=O)O)C(=O)COCCNC(=O)OCC1c2ccccc2-c2ccccc21. The first-order valence-corrected chi connectivity index (χ1v) is 11.1. The van der Waals surface area contributed by atoms with Gasteiger partial charge < -0.3 is 24.8 Å². The van der Waals surface area contributed by atoms with Crippen LogP contribution in [0, 0.1) is 0 Å². The predicted molar refractivity (Wildman–Crippen MR) is 123 cm³/mol. The third-order valence-electron chi connectivity index (χ3n) is 5.83. The van der Waals surface area contributed by atoms with Gasteiger partial charge in [0.2, 0.25) is 5.91 Å². The van der Waals surface area contributed by atoms with E-state index in [1.165, 1.54) is 4.90 Å². The number of hydrogen-bond acceptors (Lipinski definition) is 5. The summed E-state index contributed by atoms with van der Waals surface area (Å²) in [5.74, 6) is -1.48. The monoisotopic (exact) mass is 454 g/mol. The summed E-state index contributed by atoms with van der Waals surface area (Å²) in [6.07, 6.45) is 0.0847. The summed E-state index contributed by atoms with van der Waals surface area (Å²) >= 11 is 0. The van der Waals surface area contributed by atoms with Crippen molar-refractivity contribution in [3.8, 4) is 11.1 Å². The van der Waals surface area contributed by atoms with Gasteiger partial charge in [-0.15, -0.1) is 0 Å². The Hall–Kier alpha value is -3.39. The molecule has 0 bridgehead atoms. The van der Waals surface area contributed by atoms with Gasteiger partial charge in [0.25, 0.3) is 0 Å². The van der Waals surface area contributed by atoms with Gasteiger partial charge in [0.05, 0.1) is 6.61 Å². The highest BCUT2D eigenvalue weighted by molar-refractivity contribution is 5.82. The van der Waals surface area contributed by atoms with Crippen LogP contribution in [0.5, 0.6) is 0 Å². The number of carboxylic acids is 1. The number of fused-ring (bicyclic) bond motifs is 3. The Balaban J connectivity index is 1.41. The number of aliphatic carboxylic acids is 1. The van der Waals surface area contributed by atoms with Gasteiger partial charge >= 0.3 is 12.1 Å². The van der Waals surface area contributed by atoms with Crippen molar-refractivity contribution in [1.29, 1.82) is 0 Å². The van der Waals surface area contributed by atoms with Crippen LogP contribution >= 0.6 is 0 Å². The largest absolute Gasteiger partial charge is 0.480 e. The molecule has 2 aromatic rings. The second kappa shape index (κ2) is 11.5. The number of nitrogens with zero attached hydrogens (tertiary/aromatic N) is 1. The fourth-order valence-corrected chi connectivity index (χ4v) is 3.97. The van der Waals surface area contributed by atoms with Crippen molar-refractivity contribution in [2.75, 3.05) is 32.9 Å². The summed E-state index contributed by atoms with van der Waals surface area (Å²) < 4.78 is 10.8. The predicted octanol–water partition coefficient (Wildman–Crippen LogP) is 3.25. The average Bonchev–Trinajstić information content (AvgIpc) is 3.14. The number of carboxylic acid groups (broad SMARTS) is 1. The van der Waals surface area contributed by atoms with Crippen molar-refractivity contribution in [2.24, 2.45) is 0 Å². The fraction of sp³-hybridized carbons (Fsp3) is 0.400. The number of rotatable bonds is 11. The average molecular weight is 455 g/mol. The van der Waals surface area contributed by atoms with Gasteiger partial charge in [-0.2, -0.15) is 0 Å².